The minimum Gasteiger partial charge on any atom is -0.354 e. The maximum atomic E-state index is 13.5. The first-order valence-corrected chi connectivity index (χ1v) is 13.3. The third-order valence-electron chi connectivity index (χ3n) is 5.44. The van der Waals surface area contributed by atoms with Crippen LogP contribution in [0.5, 0.6) is 0 Å². The molecule has 0 aliphatic rings. The first-order chi connectivity index (χ1) is 16.1. The van der Waals surface area contributed by atoms with Gasteiger partial charge < -0.3 is 10.2 Å². The molecule has 0 aromatic heterocycles. The number of hydrogen-bond acceptors (Lipinski definition) is 4. The molecule has 0 aliphatic carbocycles. The lowest BCUT2D eigenvalue weighted by molar-refractivity contribution is -0.140. The molecule has 0 aliphatic heterocycles. The summed E-state index contributed by atoms with van der Waals surface area (Å²) < 4.78 is 39.3. The van der Waals surface area contributed by atoms with E-state index in [9.17, 15) is 22.4 Å². The van der Waals surface area contributed by atoms with Crippen LogP contribution in [0.4, 0.5) is 10.1 Å². The highest BCUT2D eigenvalue weighted by Gasteiger charge is 2.31. The van der Waals surface area contributed by atoms with E-state index in [0.717, 1.165) is 46.7 Å². The zero-order valence-electron chi connectivity index (χ0n) is 20.3. The van der Waals surface area contributed by atoms with E-state index in [0.29, 0.717) is 13.0 Å². The van der Waals surface area contributed by atoms with Gasteiger partial charge in [0.25, 0.3) is 0 Å². The van der Waals surface area contributed by atoms with Gasteiger partial charge >= 0.3 is 0 Å². The lowest BCUT2D eigenvalue weighted by atomic mass is 10.1. The van der Waals surface area contributed by atoms with Gasteiger partial charge in [-0.1, -0.05) is 50.1 Å². The van der Waals surface area contributed by atoms with Crippen LogP contribution in [0.3, 0.4) is 0 Å². The lowest BCUT2D eigenvalue weighted by Crippen LogP contribution is -2.52. The number of rotatable bonds is 12. The van der Waals surface area contributed by atoms with Gasteiger partial charge in [0.2, 0.25) is 21.8 Å². The smallest absolute Gasteiger partial charge is 0.244 e. The number of anilines is 1. The van der Waals surface area contributed by atoms with Crippen LogP contribution in [0, 0.1) is 12.7 Å². The Bertz CT molecular complexity index is 1070. The summed E-state index contributed by atoms with van der Waals surface area (Å²) in [6.45, 7) is 5.92. The zero-order chi connectivity index (χ0) is 25.3. The molecule has 2 aromatic carbocycles. The number of aryl methyl sites for hydroxylation is 1. The van der Waals surface area contributed by atoms with Crippen LogP contribution in [0.15, 0.2) is 48.5 Å². The van der Waals surface area contributed by atoms with Crippen LogP contribution in [0.25, 0.3) is 0 Å². The number of hydrogen-bond donors (Lipinski definition) is 1. The van der Waals surface area contributed by atoms with E-state index >= 15 is 0 Å². The van der Waals surface area contributed by atoms with Crippen molar-refractivity contribution < 1.29 is 22.4 Å². The van der Waals surface area contributed by atoms with Crippen molar-refractivity contribution in [2.45, 2.75) is 52.6 Å². The standard InChI is InChI=1S/C25H34FN3O4S/c1-5-7-15-27-25(31)23(6-2)28(17-20-10-8-9-19(3)16-20)24(30)18-29(34(4,32)33)22-13-11-21(26)12-14-22/h8-14,16,23H,5-7,15,17-18H2,1-4H3,(H,27,31)/t23-/m1/s1. The molecule has 2 aromatic rings. The number of benzene rings is 2. The maximum Gasteiger partial charge on any atom is 0.244 e. The topological polar surface area (TPSA) is 86.8 Å². The van der Waals surface area contributed by atoms with Gasteiger partial charge in [-0.25, -0.2) is 12.8 Å². The number of nitrogens with zero attached hydrogens (tertiary/aromatic N) is 2. The van der Waals surface area contributed by atoms with Crippen LogP contribution >= 0.6 is 0 Å². The second kappa shape index (κ2) is 12.5. The Morgan fingerprint density at radius 3 is 2.32 bits per heavy atom. The minimum absolute atomic E-state index is 0.154. The molecule has 1 atom stereocenters. The van der Waals surface area contributed by atoms with E-state index in [1.807, 2.05) is 45.0 Å². The molecule has 0 spiro atoms. The van der Waals surface area contributed by atoms with Crippen LogP contribution in [-0.4, -0.2) is 50.5 Å². The van der Waals surface area contributed by atoms with Gasteiger partial charge in [-0.3, -0.25) is 13.9 Å². The molecule has 0 heterocycles. The summed E-state index contributed by atoms with van der Waals surface area (Å²) in [5.41, 5.74) is 2.02. The van der Waals surface area contributed by atoms with Gasteiger partial charge in [0.15, 0.2) is 0 Å². The average Bonchev–Trinajstić information content (AvgIpc) is 2.77. The van der Waals surface area contributed by atoms with Crippen LogP contribution in [0.2, 0.25) is 0 Å². The van der Waals surface area contributed by atoms with Gasteiger partial charge in [-0.05, 0) is 49.6 Å². The Hall–Kier alpha value is -2.94. The lowest BCUT2D eigenvalue weighted by Gasteiger charge is -2.33. The highest BCUT2D eigenvalue weighted by atomic mass is 32.2. The molecule has 2 rings (SSSR count). The number of amides is 2. The molecule has 34 heavy (non-hydrogen) atoms. The van der Waals surface area contributed by atoms with Crippen LogP contribution < -0.4 is 9.62 Å². The van der Waals surface area contributed by atoms with E-state index in [4.69, 9.17) is 0 Å². The molecule has 0 saturated carbocycles. The Morgan fingerprint density at radius 1 is 1.09 bits per heavy atom. The van der Waals surface area contributed by atoms with Crippen molar-refractivity contribution in [2.24, 2.45) is 0 Å². The summed E-state index contributed by atoms with van der Waals surface area (Å²) in [5, 5.41) is 2.88. The third kappa shape index (κ3) is 7.83. The Labute approximate surface area is 202 Å². The highest BCUT2D eigenvalue weighted by molar-refractivity contribution is 7.92. The molecule has 2 amide bonds. The predicted octanol–water partition coefficient (Wildman–Crippen LogP) is 3.62. The Kier molecular flexibility index (Phi) is 10.0. The number of sulfonamides is 1. The first-order valence-electron chi connectivity index (χ1n) is 11.4. The van der Waals surface area contributed by atoms with Crippen LogP contribution in [-0.2, 0) is 26.2 Å². The number of carbonyl (C=O) groups excluding carboxylic acids is 2. The molecule has 7 nitrogen and oxygen atoms in total. The summed E-state index contributed by atoms with van der Waals surface area (Å²) in [6.07, 6.45) is 3.10. The van der Waals surface area contributed by atoms with Crippen molar-refractivity contribution in [3.05, 3.63) is 65.5 Å². The van der Waals surface area contributed by atoms with E-state index in [-0.39, 0.29) is 18.1 Å². The summed E-state index contributed by atoms with van der Waals surface area (Å²) >= 11 is 0. The van der Waals surface area contributed by atoms with Gasteiger partial charge in [0.05, 0.1) is 11.9 Å². The molecule has 0 bridgehead atoms. The van der Waals surface area contributed by atoms with Gasteiger partial charge in [0, 0.05) is 13.1 Å². The molecule has 0 saturated heterocycles. The fraction of sp³-hybridized carbons (Fsp3) is 0.440. The number of nitrogens with one attached hydrogen (secondary N) is 1. The normalized spacial score (nSPS) is 12.1. The van der Waals surface area contributed by atoms with Gasteiger partial charge in [0.1, 0.15) is 18.4 Å². The molecule has 186 valence electrons. The highest BCUT2D eigenvalue weighted by Crippen LogP contribution is 2.20. The second-order valence-corrected chi connectivity index (χ2v) is 10.2. The van der Waals surface area contributed by atoms with E-state index in [1.165, 1.54) is 17.0 Å². The molecular formula is C25H34FN3O4S. The summed E-state index contributed by atoms with van der Waals surface area (Å²) in [6, 6.07) is 11.7. The van der Waals surface area contributed by atoms with E-state index in [2.05, 4.69) is 5.32 Å². The summed E-state index contributed by atoms with van der Waals surface area (Å²) in [4.78, 5) is 27.9. The minimum atomic E-state index is -3.85. The zero-order valence-corrected chi connectivity index (χ0v) is 21.1. The molecule has 9 heteroatoms. The SMILES string of the molecule is CCCCNC(=O)[C@@H](CC)N(Cc1cccc(C)c1)C(=O)CN(c1ccc(F)cc1)S(C)(=O)=O. The molecule has 0 unspecified atom stereocenters. The monoisotopic (exact) mass is 491 g/mol. The Morgan fingerprint density at radius 2 is 1.76 bits per heavy atom. The van der Waals surface area contributed by atoms with Crippen molar-refractivity contribution in [1.29, 1.82) is 0 Å². The van der Waals surface area contributed by atoms with Crippen molar-refractivity contribution in [3.63, 3.8) is 0 Å². The van der Waals surface area contributed by atoms with Crippen LogP contribution in [0.1, 0.15) is 44.2 Å². The third-order valence-corrected chi connectivity index (χ3v) is 6.59. The summed E-state index contributed by atoms with van der Waals surface area (Å²) in [7, 11) is -3.85. The van der Waals surface area contributed by atoms with Crippen molar-refractivity contribution in [1.82, 2.24) is 10.2 Å². The van der Waals surface area contributed by atoms with E-state index < -0.39 is 34.3 Å². The largest absolute Gasteiger partial charge is 0.354 e. The second-order valence-electron chi connectivity index (χ2n) is 8.33. The van der Waals surface area contributed by atoms with Gasteiger partial charge in [-0.15, -0.1) is 0 Å². The average molecular weight is 492 g/mol. The fourth-order valence-corrected chi connectivity index (χ4v) is 4.50. The maximum absolute atomic E-state index is 13.5. The number of carbonyl (C=O) groups is 2. The molecular weight excluding hydrogens is 457 g/mol. The van der Waals surface area contributed by atoms with Gasteiger partial charge in [-0.2, -0.15) is 0 Å². The number of unbranched alkanes of at least 4 members (excludes halogenated alkanes) is 1. The molecule has 0 radical (unpaired) electrons. The van der Waals surface area contributed by atoms with Crippen molar-refractivity contribution in [2.75, 3.05) is 23.7 Å². The number of halogens is 1. The predicted molar refractivity (Wildman–Crippen MR) is 132 cm³/mol. The van der Waals surface area contributed by atoms with Crippen molar-refractivity contribution >= 4 is 27.5 Å². The quantitative estimate of drug-likeness (QED) is 0.460. The molecule has 0 fully saturated rings. The Balaban J connectivity index is 2.39. The fourth-order valence-electron chi connectivity index (χ4n) is 3.65. The van der Waals surface area contributed by atoms with E-state index in [1.54, 1.807) is 0 Å². The summed E-state index contributed by atoms with van der Waals surface area (Å²) in [5.74, 6) is -1.31. The van der Waals surface area contributed by atoms with Crippen molar-refractivity contribution in [3.8, 4) is 0 Å². The first kappa shape index (κ1) is 27.3. The molecule has 1 N–H and O–H groups in total.